The van der Waals surface area contributed by atoms with Gasteiger partial charge in [-0.15, -0.1) is 21.5 Å². The van der Waals surface area contributed by atoms with E-state index in [-0.39, 0.29) is 76.8 Å². The summed E-state index contributed by atoms with van der Waals surface area (Å²) in [6.45, 7) is 11.4. The monoisotopic (exact) mass is 1120 g/mol. The molecule has 21 heteroatoms. The fourth-order valence-corrected chi connectivity index (χ4v) is 10.1. The van der Waals surface area contributed by atoms with Crippen LogP contribution in [0.15, 0.2) is 97.1 Å². The van der Waals surface area contributed by atoms with Gasteiger partial charge in [0, 0.05) is 24.3 Å². The number of aromatic nitrogens is 2. The molecule has 3 aliphatic rings. The number of nitrogens with zero attached hydrogens (tertiary/aromatic N) is 2. The normalized spacial score (nSPS) is 18.3. The van der Waals surface area contributed by atoms with Gasteiger partial charge in [0.25, 0.3) is 0 Å². The van der Waals surface area contributed by atoms with Gasteiger partial charge in [-0.3, -0.25) is 40.3 Å². The number of aliphatic carboxylic acids is 2. The lowest BCUT2D eigenvalue weighted by Gasteiger charge is -2.14. The summed E-state index contributed by atoms with van der Waals surface area (Å²) in [5.74, 6) is 3.06. The lowest BCUT2D eigenvalue weighted by molar-refractivity contribution is -0.141. The summed E-state index contributed by atoms with van der Waals surface area (Å²) in [7, 11) is -1.11. The molecule has 3 fully saturated rings. The zero-order valence-electron chi connectivity index (χ0n) is 45.3. The molecule has 0 spiro atoms. The highest BCUT2D eigenvalue weighted by molar-refractivity contribution is 7.11. The van der Waals surface area contributed by atoms with E-state index in [1.165, 1.54) is 28.1 Å². The molecule has 6 unspecified atom stereocenters. The first kappa shape index (κ1) is 71.7. The molecule has 0 radical (unpaired) electrons. The molecule has 18 nitrogen and oxygen atoms in total. The van der Waals surface area contributed by atoms with E-state index in [4.69, 9.17) is 26.8 Å². The first-order chi connectivity index (χ1) is 36.6. The molecule has 0 saturated heterocycles. The second-order valence-electron chi connectivity index (χ2n) is 20.4. The van der Waals surface area contributed by atoms with Crippen LogP contribution in [0.3, 0.4) is 0 Å². The Balaban J connectivity index is 0.000000511. The molecule has 6 atom stereocenters. The summed E-state index contributed by atoms with van der Waals surface area (Å²) in [4.78, 5) is 55.5. The van der Waals surface area contributed by atoms with Crippen LogP contribution in [0.4, 0.5) is 0 Å². The Kier molecular flexibility index (Phi) is 33.7. The summed E-state index contributed by atoms with van der Waals surface area (Å²) in [6, 6.07) is 32.3. The van der Waals surface area contributed by atoms with E-state index >= 15 is 0 Å². The van der Waals surface area contributed by atoms with E-state index in [0.717, 1.165) is 77.8 Å². The number of nitrogens with two attached hydrogens (primary N) is 2. The molecular formula is C59H91B2N9O9S. The van der Waals surface area contributed by atoms with Gasteiger partial charge in [0.1, 0.15) is 10.0 Å². The fraction of sp³-hybridized carbons (Fsp3) is 0.475. The van der Waals surface area contributed by atoms with Crippen molar-refractivity contribution in [2.75, 3.05) is 0 Å². The number of carbonyl (C=O) groups is 5. The Morgan fingerprint density at radius 1 is 0.562 bits per heavy atom. The molecule has 438 valence electrons. The first-order valence-corrected chi connectivity index (χ1v) is 27.2. The van der Waals surface area contributed by atoms with Crippen molar-refractivity contribution in [3.05, 3.63) is 152 Å². The van der Waals surface area contributed by atoms with E-state index in [1.807, 2.05) is 93.6 Å². The predicted molar refractivity (Wildman–Crippen MR) is 323 cm³/mol. The third-order valence-electron chi connectivity index (χ3n) is 13.3. The highest BCUT2D eigenvalue weighted by Crippen LogP contribution is 2.35. The molecule has 4 aromatic carbocycles. The Bertz CT molecular complexity index is 2590. The Morgan fingerprint density at radius 3 is 1.39 bits per heavy atom. The Labute approximate surface area is 480 Å². The average Bonchev–Trinajstić information content (AvgIpc) is 4.24. The number of amides is 3. The van der Waals surface area contributed by atoms with E-state index in [1.54, 1.807) is 25.0 Å². The smallest absolute Gasteiger partial charge is 0.373 e. The molecule has 1 heterocycles. The van der Waals surface area contributed by atoms with Crippen molar-refractivity contribution >= 4 is 55.1 Å². The molecule has 3 saturated carbocycles. The summed E-state index contributed by atoms with van der Waals surface area (Å²) in [5.41, 5.74) is 21.8. The molecule has 0 aliphatic heterocycles. The van der Waals surface area contributed by atoms with Crippen molar-refractivity contribution < 1.29 is 44.2 Å². The minimum atomic E-state index is -0.783. The average molecular weight is 1120 g/mol. The quantitative estimate of drug-likeness (QED) is 0.0208. The van der Waals surface area contributed by atoms with Gasteiger partial charge in [-0.1, -0.05) is 142 Å². The number of hydrogen-bond acceptors (Lipinski definition) is 14. The topological polar surface area (TPSA) is 304 Å². The van der Waals surface area contributed by atoms with Crippen LogP contribution in [0.2, 0.25) is 13.6 Å². The molecule has 0 bridgehead atoms. The van der Waals surface area contributed by atoms with Crippen molar-refractivity contribution in [2.24, 2.45) is 23.4 Å². The molecule has 3 aliphatic carbocycles. The Hall–Kier alpha value is -6.32. The molecule has 13 N–H and O–H groups in total. The van der Waals surface area contributed by atoms with Crippen molar-refractivity contribution in [3.8, 4) is 0 Å². The summed E-state index contributed by atoms with van der Waals surface area (Å²) in [5, 5.41) is 52.3. The minimum absolute atomic E-state index is 0. The number of carbonyl (C=O) groups excluding carboxylic acids is 3. The number of aryl methyl sites for hydroxylation is 4. The summed E-state index contributed by atoms with van der Waals surface area (Å²) < 4.78 is 0. The van der Waals surface area contributed by atoms with Crippen molar-refractivity contribution in [2.45, 2.75) is 171 Å². The fourth-order valence-electron chi connectivity index (χ4n) is 9.03. The van der Waals surface area contributed by atoms with E-state index in [9.17, 15) is 29.0 Å². The molecule has 1 aromatic heterocycles. The zero-order valence-corrected chi connectivity index (χ0v) is 46.2. The maximum atomic E-state index is 12.1. The van der Waals surface area contributed by atoms with Crippen molar-refractivity contribution in [1.29, 1.82) is 0 Å². The maximum Gasteiger partial charge on any atom is 0.373 e. The molecule has 3 amide bonds. The van der Waals surface area contributed by atoms with Crippen LogP contribution in [0, 0.1) is 39.5 Å². The number of hydrazine groups is 2. The van der Waals surface area contributed by atoms with Gasteiger partial charge in [0.2, 0.25) is 17.7 Å². The molecule has 5 aromatic rings. The zero-order chi connectivity index (χ0) is 56.4. The number of rotatable bonds is 15. The summed E-state index contributed by atoms with van der Waals surface area (Å²) >= 11 is 1.75. The predicted octanol–water partition coefficient (Wildman–Crippen LogP) is 7.58. The minimum Gasteiger partial charge on any atom is -0.481 e. The van der Waals surface area contributed by atoms with Gasteiger partial charge in [0.05, 0.1) is 25.2 Å². The lowest BCUT2D eigenvalue weighted by Crippen LogP contribution is -2.45. The van der Waals surface area contributed by atoms with Gasteiger partial charge >= 0.3 is 26.0 Å². The largest absolute Gasteiger partial charge is 0.481 e. The number of carboxylic acid groups (broad SMARTS) is 2. The molecular weight excluding hydrogens is 1030 g/mol. The van der Waals surface area contributed by atoms with Gasteiger partial charge in [-0.2, -0.15) is 0 Å². The molecule has 80 heavy (non-hydrogen) atoms. The second kappa shape index (κ2) is 37.6. The van der Waals surface area contributed by atoms with Gasteiger partial charge in [-0.05, 0) is 133 Å². The van der Waals surface area contributed by atoms with Crippen LogP contribution in [-0.2, 0) is 49.7 Å². The van der Waals surface area contributed by atoms with Crippen LogP contribution in [0.25, 0.3) is 0 Å². The Morgan fingerprint density at radius 2 is 0.988 bits per heavy atom. The number of hydrogen-bond donors (Lipinski definition) is 11. The first-order valence-electron chi connectivity index (χ1n) is 26.4. The van der Waals surface area contributed by atoms with Crippen LogP contribution in [-0.4, -0.2) is 92.3 Å². The second-order valence-corrected chi connectivity index (χ2v) is 21.5. The molecule has 8 rings (SSSR count). The SMILES string of the molecule is C.C.C.CB(O)NC1CCC(C(=O)NNC(=O)Cc2ccc(C)cc2)C1.CB(O)NC1CCC(C(=O)O)C1.Cc1ccc(CC(=O)NN)cc1.Cc1ccc(CC(=O)O)cc1.Cc1ccc(Cc2nnc(C3CCC(N)C3)s2)cc1. The van der Waals surface area contributed by atoms with E-state index < -0.39 is 26.0 Å². The van der Waals surface area contributed by atoms with E-state index in [2.05, 4.69) is 68.1 Å². The van der Waals surface area contributed by atoms with Gasteiger partial charge in [-0.25, -0.2) is 5.84 Å². The van der Waals surface area contributed by atoms with Crippen LogP contribution in [0.1, 0.15) is 141 Å². The number of nitrogens with one attached hydrogen (secondary N) is 5. The standard InChI is InChI=1S/C16H24BN3O3.C15H19N3S.C9H12N2O.C9H10O2.C7H14BNO3.3CH4/c1-11-3-5-12(6-4-11)9-15(21)19-20-16(22)13-7-8-14(10-13)18-17(2)23;1-10-2-4-11(5-3-10)8-14-17-18-15(19-14)12-6-7-13(16)9-12;1-7-2-4-8(5-3-7)6-9(12)11-10;1-7-2-4-8(5-3-7)6-9(10)11;1-8(12)9-6-3-2-5(4-6)7(10)11;;;/h3-6,13-14,18,23H,7-10H2,1-2H3,(H,19,21)(H,20,22);2-5,12-13H,6-9,16H2,1H3;2-5H,6,10H2,1H3,(H,11,12);2-5H,6H2,1H3,(H,10,11);5-6,9,12H,2-4H2,1H3,(H,10,11);3*1H4. The van der Waals surface area contributed by atoms with Crippen molar-refractivity contribution in [3.63, 3.8) is 0 Å². The number of benzene rings is 4. The van der Waals surface area contributed by atoms with Crippen molar-refractivity contribution in [1.82, 2.24) is 36.9 Å². The van der Waals surface area contributed by atoms with E-state index in [0.29, 0.717) is 31.2 Å². The maximum absolute atomic E-state index is 12.1. The highest BCUT2D eigenvalue weighted by Gasteiger charge is 2.32. The number of carboxylic acids is 2. The van der Waals surface area contributed by atoms with Gasteiger partial charge in [0.15, 0.2) is 0 Å². The van der Waals surface area contributed by atoms with Crippen LogP contribution < -0.4 is 38.3 Å². The lowest BCUT2D eigenvalue weighted by atomic mass is 9.87. The highest BCUT2D eigenvalue weighted by atomic mass is 32.1. The third kappa shape index (κ3) is 28.2. The third-order valence-corrected chi connectivity index (χ3v) is 14.3. The summed E-state index contributed by atoms with van der Waals surface area (Å²) in [6.07, 6.45) is 9.42. The van der Waals surface area contributed by atoms with Crippen LogP contribution >= 0.6 is 11.3 Å². The van der Waals surface area contributed by atoms with Crippen LogP contribution in [0.5, 0.6) is 0 Å². The van der Waals surface area contributed by atoms with Gasteiger partial charge < -0.3 is 36.5 Å².